The maximum absolute atomic E-state index is 13.3. The molecule has 1 aromatic heterocycles. The van der Waals surface area contributed by atoms with Crippen molar-refractivity contribution in [2.24, 2.45) is 0 Å². The van der Waals surface area contributed by atoms with Crippen molar-refractivity contribution in [3.8, 4) is 0 Å². The molecule has 6 nitrogen and oxygen atoms in total. The van der Waals surface area contributed by atoms with Gasteiger partial charge in [0.2, 0.25) is 0 Å². The van der Waals surface area contributed by atoms with Crippen molar-refractivity contribution in [2.75, 3.05) is 11.5 Å². The number of amides is 1. The van der Waals surface area contributed by atoms with Crippen LogP contribution in [0.1, 0.15) is 22.5 Å². The summed E-state index contributed by atoms with van der Waals surface area (Å²) in [4.78, 5) is 27.2. The highest BCUT2D eigenvalue weighted by atomic mass is 35.5. The van der Waals surface area contributed by atoms with E-state index in [4.69, 9.17) is 16.0 Å². The standard InChI is InChI=1S/C21H18ClNO5S/c22-15-6-7-19-17(10-15)18(24)11-20(28-19)21(25)23(12-14-4-2-1-3-5-14)16-8-9-29(26,27)13-16/h1-7,10-11,16H,8-9,12-13H2/t16-/m0/s1. The van der Waals surface area contributed by atoms with Gasteiger partial charge in [-0.2, -0.15) is 0 Å². The van der Waals surface area contributed by atoms with Crippen LogP contribution in [0.25, 0.3) is 11.0 Å². The van der Waals surface area contributed by atoms with Crippen LogP contribution in [0.15, 0.2) is 63.8 Å². The SMILES string of the molecule is O=C(c1cc(=O)c2cc(Cl)ccc2o1)N(Cc1ccccc1)[C@H]1CCS(=O)(=O)C1. The van der Waals surface area contributed by atoms with Gasteiger partial charge < -0.3 is 9.32 Å². The highest BCUT2D eigenvalue weighted by Gasteiger charge is 2.36. The Morgan fingerprint density at radius 1 is 1.14 bits per heavy atom. The second kappa shape index (κ2) is 7.65. The zero-order chi connectivity index (χ0) is 20.6. The molecule has 0 saturated carbocycles. The van der Waals surface area contributed by atoms with E-state index in [2.05, 4.69) is 0 Å². The van der Waals surface area contributed by atoms with Crippen LogP contribution >= 0.6 is 11.6 Å². The maximum atomic E-state index is 13.3. The lowest BCUT2D eigenvalue weighted by molar-refractivity contribution is 0.0648. The molecule has 0 spiro atoms. The van der Waals surface area contributed by atoms with Gasteiger partial charge in [0.25, 0.3) is 5.91 Å². The molecule has 3 aromatic rings. The molecular formula is C21H18ClNO5S. The monoisotopic (exact) mass is 431 g/mol. The summed E-state index contributed by atoms with van der Waals surface area (Å²) in [6, 6.07) is 14.6. The molecule has 0 N–H and O–H groups in total. The second-order valence-electron chi connectivity index (χ2n) is 7.09. The lowest BCUT2D eigenvalue weighted by atomic mass is 10.1. The van der Waals surface area contributed by atoms with Gasteiger partial charge in [0.15, 0.2) is 21.0 Å². The van der Waals surface area contributed by atoms with Crippen molar-refractivity contribution < 1.29 is 17.6 Å². The van der Waals surface area contributed by atoms with Crippen LogP contribution in [0, 0.1) is 0 Å². The van der Waals surface area contributed by atoms with Crippen molar-refractivity contribution in [2.45, 2.75) is 19.0 Å². The molecule has 1 aliphatic rings. The topological polar surface area (TPSA) is 84.7 Å². The van der Waals surface area contributed by atoms with Crippen LogP contribution in [0.2, 0.25) is 5.02 Å². The number of nitrogens with zero attached hydrogens (tertiary/aromatic N) is 1. The number of hydrogen-bond acceptors (Lipinski definition) is 5. The Kier molecular flexibility index (Phi) is 5.19. The average Bonchev–Trinajstić information content (AvgIpc) is 3.06. The molecule has 29 heavy (non-hydrogen) atoms. The van der Waals surface area contributed by atoms with Gasteiger partial charge in [-0.25, -0.2) is 8.42 Å². The molecule has 2 heterocycles. The largest absolute Gasteiger partial charge is 0.451 e. The van der Waals surface area contributed by atoms with Crippen molar-refractivity contribution in [3.05, 3.63) is 81.2 Å². The van der Waals surface area contributed by atoms with Crippen molar-refractivity contribution in [1.82, 2.24) is 4.90 Å². The highest BCUT2D eigenvalue weighted by molar-refractivity contribution is 7.91. The molecule has 1 atom stereocenters. The third-order valence-corrected chi connectivity index (χ3v) is 6.99. The quantitative estimate of drug-likeness (QED) is 0.633. The van der Waals surface area contributed by atoms with Gasteiger partial charge in [-0.05, 0) is 30.2 Å². The lowest BCUT2D eigenvalue weighted by Gasteiger charge is -2.28. The number of rotatable bonds is 4. The summed E-state index contributed by atoms with van der Waals surface area (Å²) in [5, 5.41) is 0.679. The van der Waals surface area contributed by atoms with E-state index in [1.54, 1.807) is 6.07 Å². The third kappa shape index (κ3) is 4.21. The maximum Gasteiger partial charge on any atom is 0.290 e. The van der Waals surface area contributed by atoms with Crippen molar-refractivity contribution >= 4 is 38.3 Å². The first-order valence-corrected chi connectivity index (χ1v) is 11.3. The van der Waals surface area contributed by atoms with Gasteiger partial charge in [-0.3, -0.25) is 9.59 Å². The third-order valence-electron chi connectivity index (χ3n) is 5.01. The summed E-state index contributed by atoms with van der Waals surface area (Å²) >= 11 is 5.93. The van der Waals surface area contributed by atoms with E-state index in [-0.39, 0.29) is 40.2 Å². The van der Waals surface area contributed by atoms with Gasteiger partial charge in [-0.1, -0.05) is 41.9 Å². The van der Waals surface area contributed by atoms with Gasteiger partial charge in [0.05, 0.1) is 16.9 Å². The first-order valence-electron chi connectivity index (χ1n) is 9.11. The first kappa shape index (κ1) is 19.7. The summed E-state index contributed by atoms with van der Waals surface area (Å²) < 4.78 is 29.7. The number of sulfone groups is 1. The Morgan fingerprint density at radius 2 is 1.90 bits per heavy atom. The fraction of sp³-hybridized carbons (Fsp3) is 0.238. The Morgan fingerprint density at radius 3 is 2.59 bits per heavy atom. The molecule has 1 fully saturated rings. The van der Waals surface area contributed by atoms with Crippen LogP contribution < -0.4 is 5.43 Å². The molecule has 2 aromatic carbocycles. The number of halogens is 1. The summed E-state index contributed by atoms with van der Waals surface area (Å²) in [7, 11) is -3.20. The average molecular weight is 432 g/mol. The lowest BCUT2D eigenvalue weighted by Crippen LogP contribution is -2.40. The molecule has 1 saturated heterocycles. The fourth-order valence-electron chi connectivity index (χ4n) is 3.54. The molecule has 4 rings (SSSR count). The minimum Gasteiger partial charge on any atom is -0.451 e. The normalized spacial score (nSPS) is 18.0. The highest BCUT2D eigenvalue weighted by Crippen LogP contribution is 2.24. The van der Waals surface area contributed by atoms with E-state index in [9.17, 15) is 18.0 Å². The van der Waals surface area contributed by atoms with Gasteiger partial charge in [-0.15, -0.1) is 0 Å². The zero-order valence-corrected chi connectivity index (χ0v) is 16.9. The molecular weight excluding hydrogens is 414 g/mol. The second-order valence-corrected chi connectivity index (χ2v) is 9.76. The van der Waals surface area contributed by atoms with E-state index in [0.717, 1.165) is 11.6 Å². The Labute approximate surface area is 172 Å². The number of carbonyl (C=O) groups is 1. The molecule has 150 valence electrons. The molecule has 1 aliphatic heterocycles. The molecule has 0 radical (unpaired) electrons. The van der Waals surface area contributed by atoms with Crippen LogP contribution in [0.5, 0.6) is 0 Å². The van der Waals surface area contributed by atoms with E-state index in [1.807, 2.05) is 30.3 Å². The zero-order valence-electron chi connectivity index (χ0n) is 15.4. The van der Waals surface area contributed by atoms with Gasteiger partial charge >= 0.3 is 0 Å². The summed E-state index contributed by atoms with van der Waals surface area (Å²) in [6.07, 6.45) is 0.355. The van der Waals surface area contributed by atoms with Crippen LogP contribution in [-0.2, 0) is 16.4 Å². The van der Waals surface area contributed by atoms with Crippen molar-refractivity contribution in [3.63, 3.8) is 0 Å². The van der Waals surface area contributed by atoms with E-state index in [1.165, 1.54) is 17.0 Å². The first-order chi connectivity index (χ1) is 13.8. The van der Waals surface area contributed by atoms with Crippen LogP contribution in [-0.4, -0.2) is 36.8 Å². The van der Waals surface area contributed by atoms with Gasteiger partial charge in [0, 0.05) is 23.7 Å². The number of hydrogen-bond donors (Lipinski definition) is 0. The number of benzene rings is 2. The molecule has 8 heteroatoms. The smallest absolute Gasteiger partial charge is 0.290 e. The summed E-state index contributed by atoms with van der Waals surface area (Å²) in [5.74, 6) is -0.690. The molecule has 0 bridgehead atoms. The van der Waals surface area contributed by atoms with Crippen molar-refractivity contribution in [1.29, 1.82) is 0 Å². The Bertz CT molecular complexity index is 1240. The predicted octanol–water partition coefficient (Wildman–Crippen LogP) is 3.28. The number of carbonyl (C=O) groups excluding carboxylic acids is 1. The fourth-order valence-corrected chi connectivity index (χ4v) is 5.45. The molecule has 0 aliphatic carbocycles. The minimum absolute atomic E-state index is 0.0381. The molecule has 0 unspecified atom stereocenters. The van der Waals surface area contributed by atoms with Crippen LogP contribution in [0.4, 0.5) is 0 Å². The Hall–Kier alpha value is -2.64. The Balaban J connectivity index is 1.74. The van der Waals surface area contributed by atoms with E-state index >= 15 is 0 Å². The van der Waals surface area contributed by atoms with E-state index in [0.29, 0.717) is 11.4 Å². The minimum atomic E-state index is -3.20. The summed E-state index contributed by atoms with van der Waals surface area (Å²) in [6.45, 7) is 0.224. The van der Waals surface area contributed by atoms with Gasteiger partial charge in [0.1, 0.15) is 5.58 Å². The molecule has 1 amide bonds. The predicted molar refractivity (Wildman–Crippen MR) is 111 cm³/mol. The summed E-state index contributed by atoms with van der Waals surface area (Å²) in [5.41, 5.74) is 0.736. The van der Waals surface area contributed by atoms with Crippen LogP contribution in [0.3, 0.4) is 0 Å². The van der Waals surface area contributed by atoms with E-state index < -0.39 is 21.8 Å². The number of fused-ring (bicyclic) bond motifs is 1.